The van der Waals surface area contributed by atoms with Crippen LogP contribution in [0.5, 0.6) is 5.75 Å². The van der Waals surface area contributed by atoms with Crippen molar-refractivity contribution in [3.05, 3.63) is 64.5 Å². The number of aliphatic hydroxyl groups excluding tert-OH is 1. The zero-order valence-electron chi connectivity index (χ0n) is 14.0. The summed E-state index contributed by atoms with van der Waals surface area (Å²) < 4.78 is 46.4. The highest BCUT2D eigenvalue weighted by molar-refractivity contribution is 6.30. The summed E-state index contributed by atoms with van der Waals surface area (Å²) in [4.78, 5) is 12.7. The van der Waals surface area contributed by atoms with Gasteiger partial charge in [-0.25, -0.2) is 0 Å². The van der Waals surface area contributed by atoms with Gasteiger partial charge in [-0.1, -0.05) is 17.7 Å². The minimum atomic E-state index is -4.83. The Morgan fingerprint density at radius 3 is 2.78 bits per heavy atom. The summed E-state index contributed by atoms with van der Waals surface area (Å²) in [7, 11) is 1.36. The Labute approximate surface area is 157 Å². The second kappa shape index (κ2) is 7.28. The quantitative estimate of drug-likeness (QED) is 0.741. The standard InChI is InChI=1S/C18H15ClF3NO4/c1-26-15-6-9(19)2-4-11(15)16(24)17(25)13-8-23-14-5-3-10(7-12(13)14)27-18(20,21)22/h2-8,12,14,17,23,25H,1H3. The molecule has 9 heteroatoms. The minimum absolute atomic E-state index is 0.112. The maximum absolute atomic E-state index is 12.7. The molecule has 2 aliphatic rings. The van der Waals surface area contributed by atoms with Gasteiger partial charge in [0.05, 0.1) is 18.7 Å². The number of halogens is 4. The second-order valence-corrected chi connectivity index (χ2v) is 6.39. The number of nitrogens with one attached hydrogen (secondary N) is 1. The molecule has 0 spiro atoms. The Morgan fingerprint density at radius 1 is 1.37 bits per heavy atom. The van der Waals surface area contributed by atoms with Gasteiger partial charge in [0.25, 0.3) is 0 Å². The van der Waals surface area contributed by atoms with Gasteiger partial charge < -0.3 is 19.9 Å². The van der Waals surface area contributed by atoms with Gasteiger partial charge >= 0.3 is 6.36 Å². The van der Waals surface area contributed by atoms with Crippen molar-refractivity contribution in [1.82, 2.24) is 5.32 Å². The summed E-state index contributed by atoms with van der Waals surface area (Å²) in [6.45, 7) is 0. The molecule has 1 aliphatic heterocycles. The fraction of sp³-hybridized carbons (Fsp3) is 0.278. The number of hydrogen-bond donors (Lipinski definition) is 2. The Balaban J connectivity index is 1.84. The van der Waals surface area contributed by atoms with Gasteiger partial charge in [-0.3, -0.25) is 4.79 Å². The fourth-order valence-electron chi connectivity index (χ4n) is 3.04. The Morgan fingerprint density at radius 2 is 2.11 bits per heavy atom. The highest BCUT2D eigenvalue weighted by Crippen LogP contribution is 2.35. The normalized spacial score (nSPS) is 22.3. The van der Waals surface area contributed by atoms with Crippen molar-refractivity contribution >= 4 is 17.4 Å². The van der Waals surface area contributed by atoms with Crippen LogP contribution in [0.4, 0.5) is 13.2 Å². The number of carbonyl (C=O) groups excluding carboxylic acids is 1. The van der Waals surface area contributed by atoms with Gasteiger partial charge in [-0.15, -0.1) is 13.2 Å². The Kier molecular flexibility index (Phi) is 5.21. The number of ether oxygens (including phenoxy) is 2. The van der Waals surface area contributed by atoms with Gasteiger partial charge in [0, 0.05) is 10.9 Å². The first-order valence-corrected chi connectivity index (χ1v) is 8.25. The first kappa shape index (κ1) is 19.3. The average molecular weight is 402 g/mol. The van der Waals surface area contributed by atoms with Crippen molar-refractivity contribution < 1.29 is 32.5 Å². The lowest BCUT2D eigenvalue weighted by atomic mass is 9.85. The molecule has 0 radical (unpaired) electrons. The summed E-state index contributed by atoms with van der Waals surface area (Å²) >= 11 is 5.87. The van der Waals surface area contributed by atoms with E-state index in [1.165, 1.54) is 49.7 Å². The Bertz CT molecular complexity index is 847. The molecule has 27 heavy (non-hydrogen) atoms. The van der Waals surface area contributed by atoms with Crippen LogP contribution in [-0.4, -0.2) is 36.5 Å². The monoisotopic (exact) mass is 401 g/mol. The van der Waals surface area contributed by atoms with E-state index in [0.717, 1.165) is 0 Å². The number of ketones is 1. The molecule has 3 unspecified atom stereocenters. The number of hydrogen-bond acceptors (Lipinski definition) is 5. The fourth-order valence-corrected chi connectivity index (χ4v) is 3.20. The molecular weight excluding hydrogens is 387 g/mol. The lowest BCUT2D eigenvalue weighted by Gasteiger charge is -2.24. The molecule has 1 aromatic carbocycles. The molecule has 0 saturated carbocycles. The van der Waals surface area contributed by atoms with E-state index in [0.29, 0.717) is 5.02 Å². The zero-order chi connectivity index (χ0) is 19.8. The lowest BCUT2D eigenvalue weighted by molar-refractivity contribution is -0.303. The molecule has 0 saturated heterocycles. The van der Waals surface area contributed by atoms with Crippen molar-refractivity contribution in [3.8, 4) is 5.75 Å². The number of aliphatic hydroxyl groups is 1. The van der Waals surface area contributed by atoms with Crippen LogP contribution in [0.2, 0.25) is 5.02 Å². The van der Waals surface area contributed by atoms with Crippen LogP contribution in [0.1, 0.15) is 10.4 Å². The van der Waals surface area contributed by atoms with Gasteiger partial charge in [0.1, 0.15) is 17.6 Å². The highest BCUT2D eigenvalue weighted by atomic mass is 35.5. The van der Waals surface area contributed by atoms with E-state index in [-0.39, 0.29) is 22.9 Å². The van der Waals surface area contributed by atoms with Crippen molar-refractivity contribution in [2.75, 3.05) is 7.11 Å². The predicted octanol–water partition coefficient (Wildman–Crippen LogP) is 3.35. The van der Waals surface area contributed by atoms with Crippen LogP contribution in [-0.2, 0) is 4.74 Å². The first-order valence-electron chi connectivity index (χ1n) is 7.87. The number of benzene rings is 1. The van der Waals surface area contributed by atoms with Crippen LogP contribution in [0.25, 0.3) is 0 Å². The molecule has 0 amide bonds. The summed E-state index contributed by atoms with van der Waals surface area (Å²) in [6, 6.07) is 3.95. The second-order valence-electron chi connectivity index (χ2n) is 5.95. The Hall–Kier alpha value is -2.45. The molecule has 3 atom stereocenters. The predicted molar refractivity (Wildman–Crippen MR) is 91.2 cm³/mol. The lowest BCUT2D eigenvalue weighted by Crippen LogP contribution is -2.31. The van der Waals surface area contributed by atoms with Crippen molar-refractivity contribution in [3.63, 3.8) is 0 Å². The third-order valence-corrected chi connectivity index (χ3v) is 4.49. The molecule has 0 bridgehead atoms. The maximum Gasteiger partial charge on any atom is 0.573 e. The SMILES string of the molecule is COc1cc(Cl)ccc1C(=O)C(O)C1=CNC2C=CC(OC(F)(F)F)=CC12. The van der Waals surface area contributed by atoms with Gasteiger partial charge in [0.2, 0.25) is 0 Å². The van der Waals surface area contributed by atoms with Crippen LogP contribution >= 0.6 is 11.6 Å². The molecule has 5 nitrogen and oxygen atoms in total. The van der Waals surface area contributed by atoms with E-state index >= 15 is 0 Å². The molecule has 1 heterocycles. The molecule has 144 valence electrons. The van der Waals surface area contributed by atoms with E-state index in [9.17, 15) is 23.1 Å². The van der Waals surface area contributed by atoms with Crippen LogP contribution in [0.3, 0.4) is 0 Å². The number of Topliss-reactive ketones (excluding diaryl/α,β-unsaturated/α-hetero) is 1. The molecule has 2 N–H and O–H groups in total. The largest absolute Gasteiger partial charge is 0.573 e. The molecule has 0 fully saturated rings. The third-order valence-electron chi connectivity index (χ3n) is 4.25. The number of fused-ring (bicyclic) bond motifs is 1. The maximum atomic E-state index is 12.7. The van der Waals surface area contributed by atoms with Crippen LogP contribution in [0.15, 0.2) is 54.0 Å². The number of allylic oxidation sites excluding steroid dienone is 1. The van der Waals surface area contributed by atoms with Crippen LogP contribution < -0.4 is 10.1 Å². The molecule has 0 aromatic heterocycles. The number of rotatable bonds is 5. The number of alkyl halides is 3. The van der Waals surface area contributed by atoms with Crippen molar-refractivity contribution in [2.24, 2.45) is 5.92 Å². The molecular formula is C18H15ClF3NO4. The minimum Gasteiger partial charge on any atom is -0.496 e. The molecule has 1 aromatic rings. The third kappa shape index (κ3) is 4.12. The van der Waals surface area contributed by atoms with Gasteiger partial charge in [-0.05, 0) is 42.1 Å². The van der Waals surface area contributed by atoms with E-state index in [1.807, 2.05) is 0 Å². The summed E-state index contributed by atoms with van der Waals surface area (Å²) in [5.74, 6) is -1.53. The van der Waals surface area contributed by atoms with Crippen LogP contribution in [0, 0.1) is 5.92 Å². The number of carbonyl (C=O) groups is 1. The molecule has 3 rings (SSSR count). The topological polar surface area (TPSA) is 67.8 Å². The molecule has 1 aliphatic carbocycles. The van der Waals surface area contributed by atoms with Gasteiger partial charge in [0.15, 0.2) is 5.78 Å². The summed E-state index contributed by atoms with van der Waals surface area (Å²) in [5, 5.41) is 13.8. The average Bonchev–Trinajstić information content (AvgIpc) is 3.02. The van der Waals surface area contributed by atoms with E-state index in [1.54, 1.807) is 0 Å². The number of methoxy groups -OCH3 is 1. The van der Waals surface area contributed by atoms with Crippen molar-refractivity contribution in [1.29, 1.82) is 0 Å². The first-order chi connectivity index (χ1) is 12.7. The van der Waals surface area contributed by atoms with Gasteiger partial charge in [-0.2, -0.15) is 0 Å². The van der Waals surface area contributed by atoms with E-state index < -0.39 is 29.9 Å². The zero-order valence-corrected chi connectivity index (χ0v) is 14.7. The van der Waals surface area contributed by atoms with E-state index in [2.05, 4.69) is 10.1 Å². The van der Waals surface area contributed by atoms with E-state index in [4.69, 9.17) is 16.3 Å². The smallest absolute Gasteiger partial charge is 0.496 e. The summed E-state index contributed by atoms with van der Waals surface area (Å²) in [5.41, 5.74) is 0.343. The van der Waals surface area contributed by atoms with Crippen molar-refractivity contribution in [2.45, 2.75) is 18.5 Å². The highest BCUT2D eigenvalue weighted by Gasteiger charge is 2.38. The summed E-state index contributed by atoms with van der Waals surface area (Å²) in [6.07, 6.45) is -1.08.